The summed E-state index contributed by atoms with van der Waals surface area (Å²) in [6, 6.07) is 5.75. The molecule has 29 heavy (non-hydrogen) atoms. The van der Waals surface area contributed by atoms with E-state index in [2.05, 4.69) is 9.80 Å². The van der Waals surface area contributed by atoms with Crippen LogP contribution in [0.3, 0.4) is 0 Å². The second kappa shape index (κ2) is 11.2. The first-order valence-electron chi connectivity index (χ1n) is 10.4. The van der Waals surface area contributed by atoms with Crippen molar-refractivity contribution in [3.63, 3.8) is 0 Å². The Hall–Kier alpha value is -1.34. The largest absolute Gasteiger partial charge is 0.379 e. The number of hydrogen-bond donors (Lipinski definition) is 0. The normalized spacial score (nSPS) is 20.1. The summed E-state index contributed by atoms with van der Waals surface area (Å²) < 4.78 is 18.4. The second-order valence-corrected chi connectivity index (χ2v) is 7.78. The molecule has 0 spiro atoms. The summed E-state index contributed by atoms with van der Waals surface area (Å²) in [4.78, 5) is 29.7. The number of nitrogens with zero attached hydrogens (tertiary/aromatic N) is 2. The maximum Gasteiger partial charge on any atom is 0.162 e. The zero-order chi connectivity index (χ0) is 20.0. The highest BCUT2D eigenvalue weighted by Gasteiger charge is 2.45. The Labute approximate surface area is 179 Å². The van der Waals surface area contributed by atoms with Gasteiger partial charge in [0, 0.05) is 44.6 Å². The lowest BCUT2D eigenvalue weighted by atomic mass is 9.80. The van der Waals surface area contributed by atoms with Crippen molar-refractivity contribution in [1.29, 1.82) is 0 Å². The SMILES string of the molecule is CCC(=O)C1(N2CCOCC2)CCN(CCCC(=O)c2ccc(F)cc2)CC1.Cl. The Morgan fingerprint density at radius 3 is 2.28 bits per heavy atom. The first-order valence-corrected chi connectivity index (χ1v) is 10.4. The molecular formula is C22H32ClFN2O3. The molecule has 162 valence electrons. The van der Waals surface area contributed by atoms with E-state index in [0.29, 0.717) is 37.4 Å². The van der Waals surface area contributed by atoms with Crippen LogP contribution in [0.15, 0.2) is 24.3 Å². The molecule has 0 bridgehead atoms. The van der Waals surface area contributed by atoms with E-state index >= 15 is 0 Å². The highest BCUT2D eigenvalue weighted by Crippen LogP contribution is 2.32. The van der Waals surface area contributed by atoms with Gasteiger partial charge in [-0.1, -0.05) is 6.92 Å². The molecule has 0 aliphatic carbocycles. The Balaban J connectivity index is 0.00000300. The third kappa shape index (κ3) is 5.85. The van der Waals surface area contributed by atoms with Crippen molar-refractivity contribution in [3.05, 3.63) is 35.6 Å². The molecule has 5 nitrogen and oxygen atoms in total. The number of carbonyl (C=O) groups is 2. The Morgan fingerprint density at radius 2 is 1.69 bits per heavy atom. The van der Waals surface area contributed by atoms with Crippen molar-refractivity contribution < 1.29 is 18.7 Å². The van der Waals surface area contributed by atoms with Crippen LogP contribution < -0.4 is 0 Å². The number of ether oxygens (including phenoxy) is 1. The highest BCUT2D eigenvalue weighted by molar-refractivity contribution is 5.96. The maximum absolute atomic E-state index is 13.0. The van der Waals surface area contributed by atoms with Crippen molar-refractivity contribution in [3.8, 4) is 0 Å². The molecule has 0 aromatic heterocycles. The molecule has 2 aliphatic heterocycles. The number of carbonyl (C=O) groups excluding carboxylic acids is 2. The summed E-state index contributed by atoms with van der Waals surface area (Å²) >= 11 is 0. The minimum Gasteiger partial charge on any atom is -0.379 e. The van der Waals surface area contributed by atoms with Gasteiger partial charge in [-0.15, -0.1) is 12.4 Å². The van der Waals surface area contributed by atoms with Crippen LogP contribution in [0.5, 0.6) is 0 Å². The average molecular weight is 427 g/mol. The van der Waals surface area contributed by atoms with Gasteiger partial charge < -0.3 is 9.64 Å². The minimum absolute atomic E-state index is 0. The Kier molecular flexibility index (Phi) is 9.21. The first kappa shape index (κ1) is 23.9. The number of rotatable bonds is 8. The van der Waals surface area contributed by atoms with Gasteiger partial charge in [-0.2, -0.15) is 0 Å². The third-order valence-electron chi connectivity index (χ3n) is 6.18. The van der Waals surface area contributed by atoms with E-state index in [1.807, 2.05) is 6.92 Å². The summed E-state index contributed by atoms with van der Waals surface area (Å²) in [5.74, 6) is 0.0802. The Bertz CT molecular complexity index is 669. The number of morpholine rings is 1. The van der Waals surface area contributed by atoms with Crippen LogP contribution in [0.25, 0.3) is 0 Å². The van der Waals surface area contributed by atoms with Gasteiger partial charge in [-0.05, 0) is 50.1 Å². The van der Waals surface area contributed by atoms with E-state index in [4.69, 9.17) is 4.74 Å². The average Bonchev–Trinajstić information content (AvgIpc) is 2.74. The number of likely N-dealkylation sites (tertiary alicyclic amines) is 1. The molecular weight excluding hydrogens is 395 g/mol. The van der Waals surface area contributed by atoms with Crippen LogP contribution in [0.4, 0.5) is 4.39 Å². The van der Waals surface area contributed by atoms with Crippen LogP contribution in [0.1, 0.15) is 49.4 Å². The summed E-state index contributed by atoms with van der Waals surface area (Å²) in [5, 5.41) is 0. The van der Waals surface area contributed by atoms with Gasteiger partial charge >= 0.3 is 0 Å². The Morgan fingerprint density at radius 1 is 1.07 bits per heavy atom. The molecule has 0 saturated carbocycles. The van der Waals surface area contributed by atoms with Crippen LogP contribution in [0, 0.1) is 5.82 Å². The smallest absolute Gasteiger partial charge is 0.162 e. The summed E-state index contributed by atoms with van der Waals surface area (Å²) in [6.45, 7) is 7.64. The van der Waals surface area contributed by atoms with Crippen LogP contribution in [-0.2, 0) is 9.53 Å². The number of Topliss-reactive ketones (excluding diaryl/α,β-unsaturated/α-hetero) is 2. The van der Waals surface area contributed by atoms with Gasteiger partial charge in [0.25, 0.3) is 0 Å². The fraction of sp³-hybridized carbons (Fsp3) is 0.636. The van der Waals surface area contributed by atoms with E-state index in [0.717, 1.165) is 52.0 Å². The van der Waals surface area contributed by atoms with Gasteiger partial charge in [-0.3, -0.25) is 14.5 Å². The standard InChI is InChI=1S/C22H31FN2O3.ClH/c1-2-21(27)22(25-14-16-28-17-15-25)9-12-24(13-10-22)11-3-4-20(26)18-5-7-19(23)8-6-18;/h5-8H,2-4,9-17H2,1H3;1H. The van der Waals surface area contributed by atoms with Crippen molar-refractivity contribution in [2.45, 2.75) is 44.6 Å². The summed E-state index contributed by atoms with van der Waals surface area (Å²) in [6.07, 6.45) is 3.52. The molecule has 0 amide bonds. The van der Waals surface area contributed by atoms with Crippen LogP contribution in [-0.4, -0.2) is 72.8 Å². The van der Waals surface area contributed by atoms with E-state index in [-0.39, 0.29) is 29.5 Å². The molecule has 2 aliphatic rings. The van der Waals surface area contributed by atoms with Crippen molar-refractivity contribution in [1.82, 2.24) is 9.80 Å². The van der Waals surface area contributed by atoms with Crippen molar-refractivity contribution in [2.75, 3.05) is 45.9 Å². The zero-order valence-corrected chi connectivity index (χ0v) is 18.0. The summed E-state index contributed by atoms with van der Waals surface area (Å²) in [7, 11) is 0. The molecule has 2 heterocycles. The van der Waals surface area contributed by atoms with Crippen molar-refractivity contribution >= 4 is 24.0 Å². The second-order valence-electron chi connectivity index (χ2n) is 7.78. The topological polar surface area (TPSA) is 49.9 Å². The lowest BCUT2D eigenvalue weighted by Crippen LogP contribution is -2.62. The van der Waals surface area contributed by atoms with Gasteiger partial charge in [-0.25, -0.2) is 4.39 Å². The molecule has 0 radical (unpaired) electrons. The fourth-order valence-corrected chi connectivity index (χ4v) is 4.48. The van der Waals surface area contributed by atoms with E-state index in [1.165, 1.54) is 12.1 Å². The predicted molar refractivity (Wildman–Crippen MR) is 113 cm³/mol. The molecule has 1 aromatic carbocycles. The number of ketones is 2. The van der Waals surface area contributed by atoms with Gasteiger partial charge in [0.05, 0.1) is 18.8 Å². The van der Waals surface area contributed by atoms with E-state index in [1.54, 1.807) is 12.1 Å². The minimum atomic E-state index is -0.334. The lowest BCUT2D eigenvalue weighted by molar-refractivity contribution is -0.139. The predicted octanol–water partition coefficient (Wildman–Crippen LogP) is 3.36. The zero-order valence-electron chi connectivity index (χ0n) is 17.2. The molecule has 0 N–H and O–H groups in total. The van der Waals surface area contributed by atoms with E-state index < -0.39 is 0 Å². The molecule has 3 rings (SSSR count). The van der Waals surface area contributed by atoms with E-state index in [9.17, 15) is 14.0 Å². The van der Waals surface area contributed by atoms with Crippen LogP contribution in [0.2, 0.25) is 0 Å². The summed E-state index contributed by atoms with van der Waals surface area (Å²) in [5.41, 5.74) is 0.235. The molecule has 1 aromatic rings. The number of benzene rings is 1. The molecule has 0 unspecified atom stereocenters. The first-order chi connectivity index (χ1) is 13.5. The van der Waals surface area contributed by atoms with Gasteiger partial charge in [0.1, 0.15) is 5.82 Å². The van der Waals surface area contributed by atoms with Gasteiger partial charge in [0.2, 0.25) is 0 Å². The molecule has 2 saturated heterocycles. The highest BCUT2D eigenvalue weighted by atomic mass is 35.5. The van der Waals surface area contributed by atoms with Gasteiger partial charge in [0.15, 0.2) is 11.6 Å². The van der Waals surface area contributed by atoms with Crippen molar-refractivity contribution in [2.24, 2.45) is 0 Å². The van der Waals surface area contributed by atoms with Crippen LogP contribution >= 0.6 is 12.4 Å². The monoisotopic (exact) mass is 426 g/mol. The number of piperidine rings is 1. The molecule has 2 fully saturated rings. The quantitative estimate of drug-likeness (QED) is 0.596. The maximum atomic E-state index is 13.0. The number of halogens is 2. The third-order valence-corrected chi connectivity index (χ3v) is 6.18. The molecule has 0 atom stereocenters. The fourth-order valence-electron chi connectivity index (χ4n) is 4.48. The lowest BCUT2D eigenvalue weighted by Gasteiger charge is -2.49. The molecule has 7 heteroatoms. The number of hydrogen-bond acceptors (Lipinski definition) is 5.